The van der Waals surface area contributed by atoms with Crippen molar-refractivity contribution in [2.45, 2.75) is 62.2 Å². The van der Waals surface area contributed by atoms with Crippen molar-refractivity contribution in [3.05, 3.63) is 47.5 Å². The van der Waals surface area contributed by atoms with E-state index in [1.165, 1.54) is 31.9 Å². The second-order valence-electron chi connectivity index (χ2n) is 8.45. The molecule has 28 heavy (non-hydrogen) atoms. The molecule has 1 unspecified atom stereocenters. The molecule has 1 N–H and O–H groups in total. The zero-order chi connectivity index (χ0) is 19.7. The zero-order valence-electron chi connectivity index (χ0n) is 16.4. The number of imidazole rings is 1. The van der Waals surface area contributed by atoms with Crippen LogP contribution in [0.5, 0.6) is 0 Å². The third-order valence-electron chi connectivity index (χ3n) is 6.42. The second kappa shape index (κ2) is 7.82. The Morgan fingerprint density at radius 1 is 1.11 bits per heavy atom. The first-order chi connectivity index (χ1) is 13.4. The van der Waals surface area contributed by atoms with Gasteiger partial charge in [0.2, 0.25) is 0 Å². The van der Waals surface area contributed by atoms with Crippen LogP contribution in [0.25, 0.3) is 0 Å². The van der Waals surface area contributed by atoms with Crippen molar-refractivity contribution in [2.24, 2.45) is 11.8 Å². The van der Waals surface area contributed by atoms with Gasteiger partial charge in [-0.25, -0.2) is 13.4 Å². The average Bonchev–Trinajstić information content (AvgIpc) is 3.29. The number of sulfone groups is 1. The number of aromatic nitrogens is 2. The standard InChI is InChI=1S/C22H28N2O3S/c1-28(26,27)18-11-9-16(10-12-18)19(13-15-5-2-3-6-15)22-23-14-20(24-22)21(25)17-7-4-8-17/h9-12,14-15,17,19H,2-8,13H2,1H3,(H,23,24). The number of ketones is 1. The van der Waals surface area contributed by atoms with Crippen LogP contribution in [-0.4, -0.2) is 30.4 Å². The van der Waals surface area contributed by atoms with Gasteiger partial charge in [0, 0.05) is 18.1 Å². The third kappa shape index (κ3) is 4.07. The molecule has 1 atom stereocenters. The molecule has 2 saturated carbocycles. The second-order valence-corrected chi connectivity index (χ2v) is 10.5. The van der Waals surface area contributed by atoms with Crippen LogP contribution in [0.2, 0.25) is 0 Å². The molecule has 0 aliphatic heterocycles. The number of nitrogens with zero attached hydrogens (tertiary/aromatic N) is 1. The number of nitrogens with one attached hydrogen (secondary N) is 1. The number of hydrogen-bond acceptors (Lipinski definition) is 4. The third-order valence-corrected chi connectivity index (χ3v) is 7.55. The molecule has 5 nitrogen and oxygen atoms in total. The first-order valence-corrected chi connectivity index (χ1v) is 12.2. The summed E-state index contributed by atoms with van der Waals surface area (Å²) >= 11 is 0. The van der Waals surface area contributed by atoms with Crippen LogP contribution < -0.4 is 0 Å². The molecule has 4 rings (SSSR count). The van der Waals surface area contributed by atoms with E-state index in [4.69, 9.17) is 0 Å². The van der Waals surface area contributed by atoms with Gasteiger partial charge in [0.05, 0.1) is 11.1 Å². The topological polar surface area (TPSA) is 79.9 Å². The van der Waals surface area contributed by atoms with Crippen molar-refractivity contribution < 1.29 is 13.2 Å². The minimum atomic E-state index is -3.21. The Labute approximate surface area is 166 Å². The molecule has 6 heteroatoms. The maximum Gasteiger partial charge on any atom is 0.183 e. The smallest absolute Gasteiger partial charge is 0.183 e. The van der Waals surface area contributed by atoms with Gasteiger partial charge >= 0.3 is 0 Å². The van der Waals surface area contributed by atoms with Crippen molar-refractivity contribution in [3.8, 4) is 0 Å². The number of carbonyl (C=O) groups excluding carboxylic acids is 1. The van der Waals surface area contributed by atoms with Gasteiger partial charge in [-0.1, -0.05) is 44.2 Å². The van der Waals surface area contributed by atoms with Crippen LogP contribution in [0, 0.1) is 11.8 Å². The number of carbonyl (C=O) groups is 1. The van der Waals surface area contributed by atoms with E-state index < -0.39 is 9.84 Å². The van der Waals surface area contributed by atoms with E-state index in [2.05, 4.69) is 9.97 Å². The Balaban J connectivity index is 1.61. The largest absolute Gasteiger partial charge is 0.339 e. The van der Waals surface area contributed by atoms with Crippen LogP contribution in [0.3, 0.4) is 0 Å². The molecule has 0 spiro atoms. The quantitative estimate of drug-likeness (QED) is 0.694. The first kappa shape index (κ1) is 19.4. The van der Waals surface area contributed by atoms with Gasteiger partial charge in [-0.3, -0.25) is 4.79 Å². The summed E-state index contributed by atoms with van der Waals surface area (Å²) in [7, 11) is -3.21. The fourth-order valence-corrected chi connectivity index (χ4v) is 5.09. The minimum Gasteiger partial charge on any atom is -0.339 e. The molecule has 1 aromatic heterocycles. The lowest BCUT2D eigenvalue weighted by Gasteiger charge is -2.23. The predicted octanol–water partition coefficient (Wildman–Crippen LogP) is 4.51. The van der Waals surface area contributed by atoms with E-state index in [-0.39, 0.29) is 17.6 Å². The maximum absolute atomic E-state index is 12.6. The van der Waals surface area contributed by atoms with Gasteiger partial charge < -0.3 is 4.98 Å². The zero-order valence-corrected chi connectivity index (χ0v) is 17.2. The van der Waals surface area contributed by atoms with Gasteiger partial charge in [-0.05, 0) is 42.9 Å². The van der Waals surface area contributed by atoms with Crippen molar-refractivity contribution in [1.29, 1.82) is 0 Å². The summed E-state index contributed by atoms with van der Waals surface area (Å²) in [6, 6.07) is 7.14. The lowest BCUT2D eigenvalue weighted by Crippen LogP contribution is -2.22. The number of H-pyrrole nitrogens is 1. The van der Waals surface area contributed by atoms with Crippen LogP contribution in [0.1, 0.15) is 79.2 Å². The highest BCUT2D eigenvalue weighted by atomic mass is 32.2. The monoisotopic (exact) mass is 400 g/mol. The molecule has 2 aromatic rings. The minimum absolute atomic E-state index is 0.0552. The predicted molar refractivity (Wildman–Crippen MR) is 108 cm³/mol. The highest BCUT2D eigenvalue weighted by Crippen LogP contribution is 2.37. The molecule has 2 aliphatic carbocycles. The Kier molecular flexibility index (Phi) is 5.41. The number of rotatable bonds is 7. The number of aromatic amines is 1. The molecule has 0 amide bonds. The summed E-state index contributed by atoms with van der Waals surface area (Å²) in [6.07, 6.45) is 12.0. The van der Waals surface area contributed by atoms with Gasteiger partial charge in [-0.2, -0.15) is 0 Å². The summed E-state index contributed by atoms with van der Waals surface area (Å²) in [6.45, 7) is 0. The number of hydrogen-bond donors (Lipinski definition) is 1. The molecule has 0 radical (unpaired) electrons. The highest BCUT2D eigenvalue weighted by Gasteiger charge is 2.29. The summed E-state index contributed by atoms with van der Waals surface area (Å²) in [5.74, 6) is 1.85. The average molecular weight is 401 g/mol. The molecular formula is C22H28N2O3S. The first-order valence-electron chi connectivity index (χ1n) is 10.3. The van der Waals surface area contributed by atoms with E-state index in [0.29, 0.717) is 16.5 Å². The molecule has 0 bridgehead atoms. The van der Waals surface area contributed by atoms with Crippen LogP contribution in [-0.2, 0) is 9.84 Å². The maximum atomic E-state index is 12.6. The van der Waals surface area contributed by atoms with Crippen LogP contribution >= 0.6 is 0 Å². The lowest BCUT2D eigenvalue weighted by molar-refractivity contribution is 0.0850. The summed E-state index contributed by atoms with van der Waals surface area (Å²) in [5.41, 5.74) is 1.67. The number of benzene rings is 1. The molecule has 0 saturated heterocycles. The van der Waals surface area contributed by atoms with Gasteiger partial charge in [0.1, 0.15) is 11.5 Å². The van der Waals surface area contributed by atoms with Crippen molar-refractivity contribution in [2.75, 3.05) is 6.26 Å². The van der Waals surface area contributed by atoms with Crippen molar-refractivity contribution in [1.82, 2.24) is 9.97 Å². The summed E-state index contributed by atoms with van der Waals surface area (Å²) < 4.78 is 23.6. The molecule has 2 fully saturated rings. The Morgan fingerprint density at radius 3 is 2.36 bits per heavy atom. The summed E-state index contributed by atoms with van der Waals surface area (Å²) in [4.78, 5) is 20.8. The lowest BCUT2D eigenvalue weighted by atomic mass is 9.81. The van der Waals surface area contributed by atoms with E-state index in [0.717, 1.165) is 37.1 Å². The fraction of sp³-hybridized carbons (Fsp3) is 0.545. The van der Waals surface area contributed by atoms with E-state index in [1.54, 1.807) is 18.3 Å². The molecule has 2 aliphatic rings. The highest BCUT2D eigenvalue weighted by molar-refractivity contribution is 7.90. The fourth-order valence-electron chi connectivity index (χ4n) is 4.46. The SMILES string of the molecule is CS(=O)(=O)c1ccc(C(CC2CCCC2)c2ncc(C(=O)C3CCC3)[nH]2)cc1. The van der Waals surface area contributed by atoms with E-state index in [1.807, 2.05) is 12.1 Å². The molecule has 1 heterocycles. The normalized spacial score (nSPS) is 19.5. The Morgan fingerprint density at radius 2 is 1.79 bits per heavy atom. The summed E-state index contributed by atoms with van der Waals surface area (Å²) in [5, 5.41) is 0. The Hall–Kier alpha value is -1.95. The molecule has 1 aromatic carbocycles. The van der Waals surface area contributed by atoms with Crippen LogP contribution in [0.15, 0.2) is 35.4 Å². The van der Waals surface area contributed by atoms with E-state index in [9.17, 15) is 13.2 Å². The van der Waals surface area contributed by atoms with Crippen molar-refractivity contribution in [3.63, 3.8) is 0 Å². The molecular weight excluding hydrogens is 372 g/mol. The van der Waals surface area contributed by atoms with Crippen LogP contribution in [0.4, 0.5) is 0 Å². The van der Waals surface area contributed by atoms with Crippen molar-refractivity contribution >= 4 is 15.6 Å². The molecule has 150 valence electrons. The van der Waals surface area contributed by atoms with Gasteiger partial charge in [0.15, 0.2) is 15.6 Å². The number of Topliss-reactive ketones (excluding diaryl/α,β-unsaturated/α-hetero) is 1. The van der Waals surface area contributed by atoms with Gasteiger partial charge in [0.25, 0.3) is 0 Å². The Bertz CT molecular complexity index is 936. The van der Waals surface area contributed by atoms with E-state index >= 15 is 0 Å². The van der Waals surface area contributed by atoms with Gasteiger partial charge in [-0.15, -0.1) is 0 Å².